The van der Waals surface area contributed by atoms with Crippen LogP contribution in [0.1, 0.15) is 36.0 Å². The second kappa shape index (κ2) is 5.11. The zero-order chi connectivity index (χ0) is 14.1. The van der Waals surface area contributed by atoms with Gasteiger partial charge < -0.3 is 15.7 Å². The van der Waals surface area contributed by atoms with Gasteiger partial charge in [-0.15, -0.1) is 0 Å². The molecule has 0 spiro atoms. The van der Waals surface area contributed by atoms with Crippen LogP contribution in [0.15, 0.2) is 18.5 Å². The van der Waals surface area contributed by atoms with E-state index < -0.39 is 5.97 Å². The number of anilines is 1. The van der Waals surface area contributed by atoms with Crippen molar-refractivity contribution in [2.75, 3.05) is 5.32 Å². The van der Waals surface area contributed by atoms with Gasteiger partial charge in [0, 0.05) is 12.2 Å². The standard InChI is InChI=1S/C14H17N3O3/c18-13(19)10-5-11(7-15-6-10)16-14(20)17-12(8-1-2-8)9-3-4-9/h5-9,12H,1-4H2,(H,18,19)(H2,16,17,20). The number of pyridine rings is 1. The molecule has 0 unspecified atom stereocenters. The molecule has 1 aromatic rings. The van der Waals surface area contributed by atoms with Gasteiger partial charge in [-0.3, -0.25) is 4.98 Å². The number of carbonyl (C=O) groups is 2. The summed E-state index contributed by atoms with van der Waals surface area (Å²) in [5, 5.41) is 14.6. The average Bonchev–Trinajstić information content (AvgIpc) is 3.28. The van der Waals surface area contributed by atoms with Crippen molar-refractivity contribution < 1.29 is 14.7 Å². The number of carboxylic acid groups (broad SMARTS) is 1. The highest BCUT2D eigenvalue weighted by molar-refractivity contribution is 5.92. The number of hydrogen-bond acceptors (Lipinski definition) is 3. The molecule has 2 amide bonds. The fraction of sp³-hybridized carbons (Fsp3) is 0.500. The molecule has 6 heteroatoms. The summed E-state index contributed by atoms with van der Waals surface area (Å²) in [6, 6.07) is 1.39. The smallest absolute Gasteiger partial charge is 0.337 e. The zero-order valence-corrected chi connectivity index (χ0v) is 11.0. The third kappa shape index (κ3) is 3.07. The molecule has 2 fully saturated rings. The normalized spacial score (nSPS) is 17.9. The first-order valence-electron chi connectivity index (χ1n) is 6.89. The number of carboxylic acids is 1. The Morgan fingerprint density at radius 3 is 2.40 bits per heavy atom. The number of rotatable bonds is 5. The molecule has 2 aliphatic carbocycles. The fourth-order valence-corrected chi connectivity index (χ4v) is 2.48. The molecule has 3 rings (SSSR count). The predicted molar refractivity (Wildman–Crippen MR) is 72.6 cm³/mol. The van der Waals surface area contributed by atoms with E-state index in [1.807, 2.05) is 0 Å². The van der Waals surface area contributed by atoms with Crippen LogP contribution in [0.25, 0.3) is 0 Å². The molecule has 0 radical (unpaired) electrons. The Bertz CT molecular complexity index is 526. The predicted octanol–water partition coefficient (Wildman–Crippen LogP) is 2.09. The summed E-state index contributed by atoms with van der Waals surface area (Å²) in [5.74, 6) is 0.184. The van der Waals surface area contributed by atoms with Gasteiger partial charge in [-0.25, -0.2) is 9.59 Å². The molecule has 106 valence electrons. The molecule has 20 heavy (non-hydrogen) atoms. The second-order valence-corrected chi connectivity index (χ2v) is 5.57. The number of amides is 2. The Labute approximate surface area is 116 Å². The first-order chi connectivity index (χ1) is 9.63. The lowest BCUT2D eigenvalue weighted by atomic mass is 10.1. The van der Waals surface area contributed by atoms with Crippen LogP contribution in [0.3, 0.4) is 0 Å². The summed E-state index contributed by atoms with van der Waals surface area (Å²) in [5.41, 5.74) is 0.455. The molecule has 1 aromatic heterocycles. The topological polar surface area (TPSA) is 91.3 Å². The molecule has 2 saturated carbocycles. The summed E-state index contributed by atoms with van der Waals surface area (Å²) < 4.78 is 0. The first-order valence-corrected chi connectivity index (χ1v) is 6.89. The quantitative estimate of drug-likeness (QED) is 0.767. The lowest BCUT2D eigenvalue weighted by Gasteiger charge is -2.18. The highest BCUT2D eigenvalue weighted by atomic mass is 16.4. The average molecular weight is 275 g/mol. The van der Waals surface area contributed by atoms with E-state index in [2.05, 4.69) is 15.6 Å². The summed E-state index contributed by atoms with van der Waals surface area (Å²) in [7, 11) is 0. The van der Waals surface area contributed by atoms with E-state index in [-0.39, 0.29) is 17.6 Å². The number of nitrogens with zero attached hydrogens (tertiary/aromatic N) is 1. The number of aromatic nitrogens is 1. The summed E-state index contributed by atoms with van der Waals surface area (Å²) in [4.78, 5) is 26.6. The molecule has 3 N–H and O–H groups in total. The SMILES string of the molecule is O=C(Nc1cncc(C(=O)O)c1)NC(C1CC1)C1CC1. The Morgan fingerprint density at radius 1 is 1.20 bits per heavy atom. The van der Waals surface area contributed by atoms with E-state index in [1.165, 1.54) is 44.1 Å². The number of hydrogen-bond donors (Lipinski definition) is 3. The van der Waals surface area contributed by atoms with Crippen molar-refractivity contribution >= 4 is 17.7 Å². The Morgan fingerprint density at radius 2 is 1.85 bits per heavy atom. The number of aromatic carboxylic acids is 1. The van der Waals surface area contributed by atoms with Crippen molar-refractivity contribution in [2.45, 2.75) is 31.7 Å². The van der Waals surface area contributed by atoms with Crippen molar-refractivity contribution in [2.24, 2.45) is 11.8 Å². The summed E-state index contributed by atoms with van der Waals surface area (Å²) in [6.45, 7) is 0. The lowest BCUT2D eigenvalue weighted by Crippen LogP contribution is -2.40. The van der Waals surface area contributed by atoms with Gasteiger partial charge in [-0.1, -0.05) is 0 Å². The maximum atomic E-state index is 12.0. The third-order valence-electron chi connectivity index (χ3n) is 3.80. The molecular formula is C14H17N3O3. The number of urea groups is 1. The van der Waals surface area contributed by atoms with E-state index in [4.69, 9.17) is 5.11 Å². The van der Waals surface area contributed by atoms with E-state index in [9.17, 15) is 9.59 Å². The molecule has 0 bridgehead atoms. The Hall–Kier alpha value is -2.11. The fourth-order valence-electron chi connectivity index (χ4n) is 2.48. The van der Waals surface area contributed by atoms with Crippen molar-refractivity contribution in [3.8, 4) is 0 Å². The highest BCUT2D eigenvalue weighted by Crippen LogP contribution is 2.44. The minimum atomic E-state index is -1.06. The molecule has 2 aliphatic rings. The second-order valence-electron chi connectivity index (χ2n) is 5.57. The van der Waals surface area contributed by atoms with Crippen LogP contribution in [-0.2, 0) is 0 Å². The van der Waals surface area contributed by atoms with Crippen molar-refractivity contribution in [3.05, 3.63) is 24.0 Å². The molecular weight excluding hydrogens is 258 g/mol. The van der Waals surface area contributed by atoms with Crippen LogP contribution in [0.5, 0.6) is 0 Å². The minimum Gasteiger partial charge on any atom is -0.478 e. The van der Waals surface area contributed by atoms with Crippen LogP contribution >= 0.6 is 0 Å². The van der Waals surface area contributed by atoms with Crippen LogP contribution in [0.2, 0.25) is 0 Å². The number of nitrogens with one attached hydrogen (secondary N) is 2. The maximum absolute atomic E-state index is 12.0. The van der Waals surface area contributed by atoms with Crippen LogP contribution < -0.4 is 10.6 Å². The first kappa shape index (κ1) is 12.9. The lowest BCUT2D eigenvalue weighted by molar-refractivity contribution is 0.0696. The van der Waals surface area contributed by atoms with Crippen molar-refractivity contribution in [1.29, 1.82) is 0 Å². The summed E-state index contributed by atoms with van der Waals surface area (Å²) in [6.07, 6.45) is 7.46. The van der Waals surface area contributed by atoms with Gasteiger partial charge in [0.2, 0.25) is 0 Å². The van der Waals surface area contributed by atoms with E-state index in [0.29, 0.717) is 17.5 Å². The van der Waals surface area contributed by atoms with Gasteiger partial charge in [0.15, 0.2) is 0 Å². The van der Waals surface area contributed by atoms with Crippen molar-refractivity contribution in [3.63, 3.8) is 0 Å². The van der Waals surface area contributed by atoms with E-state index in [1.54, 1.807) is 0 Å². The minimum absolute atomic E-state index is 0.0590. The molecule has 1 heterocycles. The van der Waals surface area contributed by atoms with Crippen LogP contribution in [0, 0.1) is 11.8 Å². The number of carbonyl (C=O) groups excluding carboxylic acids is 1. The monoisotopic (exact) mass is 275 g/mol. The largest absolute Gasteiger partial charge is 0.478 e. The van der Waals surface area contributed by atoms with E-state index in [0.717, 1.165) is 0 Å². The Kier molecular flexibility index (Phi) is 3.30. The van der Waals surface area contributed by atoms with Gasteiger partial charge in [0.05, 0.1) is 17.4 Å². The molecule has 6 nitrogen and oxygen atoms in total. The van der Waals surface area contributed by atoms with Crippen molar-refractivity contribution in [1.82, 2.24) is 10.3 Å². The van der Waals surface area contributed by atoms with E-state index >= 15 is 0 Å². The van der Waals surface area contributed by atoms with Crippen LogP contribution in [0.4, 0.5) is 10.5 Å². The van der Waals surface area contributed by atoms with Gasteiger partial charge >= 0.3 is 12.0 Å². The Balaban J connectivity index is 1.60. The summed E-state index contributed by atoms with van der Waals surface area (Å²) >= 11 is 0. The molecule has 0 aliphatic heterocycles. The molecule has 0 atom stereocenters. The zero-order valence-electron chi connectivity index (χ0n) is 11.0. The van der Waals surface area contributed by atoms with Crippen LogP contribution in [-0.4, -0.2) is 28.1 Å². The van der Waals surface area contributed by atoms with Gasteiger partial charge in [0.1, 0.15) is 0 Å². The van der Waals surface area contributed by atoms with Gasteiger partial charge in [0.25, 0.3) is 0 Å². The van der Waals surface area contributed by atoms with Gasteiger partial charge in [-0.05, 0) is 43.6 Å². The third-order valence-corrected chi connectivity index (χ3v) is 3.80. The molecule has 0 aromatic carbocycles. The molecule has 0 saturated heterocycles. The highest BCUT2D eigenvalue weighted by Gasteiger charge is 2.42. The maximum Gasteiger partial charge on any atom is 0.337 e. The van der Waals surface area contributed by atoms with Gasteiger partial charge in [-0.2, -0.15) is 0 Å².